The van der Waals surface area contributed by atoms with Gasteiger partial charge in [0.05, 0.1) is 6.20 Å². The molecule has 0 atom stereocenters. The number of aromatic nitrogens is 1. The van der Waals surface area contributed by atoms with Crippen LogP contribution < -0.4 is 10.6 Å². The molecule has 1 heterocycles. The van der Waals surface area contributed by atoms with Gasteiger partial charge in [0.15, 0.2) is 5.13 Å². The lowest BCUT2D eigenvalue weighted by Crippen LogP contribution is -2.26. The summed E-state index contributed by atoms with van der Waals surface area (Å²) in [6.07, 6.45) is 5.57. The van der Waals surface area contributed by atoms with Gasteiger partial charge in [-0.3, -0.25) is 0 Å². The first-order valence-electron chi connectivity index (χ1n) is 4.79. The smallest absolute Gasteiger partial charge is 0.187 e. The zero-order valence-corrected chi connectivity index (χ0v) is 8.68. The molecule has 0 amide bonds. The van der Waals surface area contributed by atoms with E-state index in [1.54, 1.807) is 17.5 Å². The van der Waals surface area contributed by atoms with Gasteiger partial charge in [0.25, 0.3) is 0 Å². The standard InChI is InChI=1S/C9H15N3S/c1-2-5-12(7-3-4-7)9-11-6-8(10)13-9/h6-7H,2-5,10H2,1H3. The molecule has 1 fully saturated rings. The van der Waals surface area contributed by atoms with Crippen molar-refractivity contribution in [1.82, 2.24) is 4.98 Å². The number of hydrogen-bond acceptors (Lipinski definition) is 4. The number of nitrogens with zero attached hydrogens (tertiary/aromatic N) is 2. The van der Waals surface area contributed by atoms with Crippen LogP contribution in [-0.4, -0.2) is 17.6 Å². The highest BCUT2D eigenvalue weighted by atomic mass is 32.1. The van der Waals surface area contributed by atoms with Crippen LogP contribution in [0, 0.1) is 0 Å². The van der Waals surface area contributed by atoms with Crippen LogP contribution in [0.15, 0.2) is 6.20 Å². The SMILES string of the molecule is CCCN(c1ncc(N)s1)C1CC1. The molecule has 3 nitrogen and oxygen atoms in total. The van der Waals surface area contributed by atoms with Gasteiger partial charge in [-0.1, -0.05) is 18.3 Å². The van der Waals surface area contributed by atoms with Crippen LogP contribution >= 0.6 is 11.3 Å². The molecule has 2 rings (SSSR count). The lowest BCUT2D eigenvalue weighted by atomic mass is 10.4. The quantitative estimate of drug-likeness (QED) is 0.803. The van der Waals surface area contributed by atoms with Crippen molar-refractivity contribution in [3.63, 3.8) is 0 Å². The Balaban J connectivity index is 2.10. The lowest BCUT2D eigenvalue weighted by Gasteiger charge is -2.19. The highest BCUT2D eigenvalue weighted by Crippen LogP contribution is 2.34. The van der Waals surface area contributed by atoms with E-state index in [2.05, 4.69) is 16.8 Å². The van der Waals surface area contributed by atoms with Crippen LogP contribution in [0.2, 0.25) is 0 Å². The van der Waals surface area contributed by atoms with Gasteiger partial charge < -0.3 is 10.6 Å². The van der Waals surface area contributed by atoms with Crippen molar-refractivity contribution in [3.05, 3.63) is 6.20 Å². The van der Waals surface area contributed by atoms with Crippen LogP contribution in [0.5, 0.6) is 0 Å². The summed E-state index contributed by atoms with van der Waals surface area (Å²) in [7, 11) is 0. The highest BCUT2D eigenvalue weighted by Gasteiger charge is 2.30. The predicted molar refractivity (Wildman–Crippen MR) is 57.2 cm³/mol. The van der Waals surface area contributed by atoms with Crippen LogP contribution in [0.25, 0.3) is 0 Å². The summed E-state index contributed by atoms with van der Waals surface area (Å²) in [5.41, 5.74) is 5.66. The normalized spacial score (nSPS) is 16.1. The fourth-order valence-electron chi connectivity index (χ4n) is 1.47. The largest absolute Gasteiger partial charge is 0.389 e. The molecule has 1 aliphatic carbocycles. The molecule has 2 N–H and O–H groups in total. The minimum atomic E-state index is 0.741. The monoisotopic (exact) mass is 197 g/mol. The Kier molecular flexibility index (Phi) is 2.40. The molecule has 72 valence electrons. The topological polar surface area (TPSA) is 42.2 Å². The molecular weight excluding hydrogens is 182 g/mol. The molecule has 4 heteroatoms. The molecule has 1 aromatic heterocycles. The van der Waals surface area contributed by atoms with Crippen molar-refractivity contribution >= 4 is 21.5 Å². The highest BCUT2D eigenvalue weighted by molar-refractivity contribution is 7.19. The summed E-state index contributed by atoms with van der Waals surface area (Å²) in [5, 5.41) is 1.92. The number of nitrogen functional groups attached to an aromatic ring is 1. The molecule has 0 aliphatic heterocycles. The number of rotatable bonds is 4. The average Bonchev–Trinajstić information content (AvgIpc) is 2.85. The Hall–Kier alpha value is -0.770. The number of anilines is 2. The summed E-state index contributed by atoms with van der Waals surface area (Å²) >= 11 is 1.60. The van der Waals surface area contributed by atoms with Crippen molar-refractivity contribution in [2.45, 2.75) is 32.2 Å². The van der Waals surface area contributed by atoms with E-state index in [4.69, 9.17) is 5.73 Å². The van der Waals surface area contributed by atoms with Crippen molar-refractivity contribution in [1.29, 1.82) is 0 Å². The van der Waals surface area contributed by atoms with Crippen molar-refractivity contribution in [2.24, 2.45) is 0 Å². The van der Waals surface area contributed by atoms with Gasteiger partial charge in [0.1, 0.15) is 5.00 Å². The summed E-state index contributed by atoms with van der Waals surface area (Å²) in [6, 6.07) is 0.741. The molecule has 0 bridgehead atoms. The van der Waals surface area contributed by atoms with Gasteiger partial charge in [0.2, 0.25) is 0 Å². The van der Waals surface area contributed by atoms with Gasteiger partial charge in [-0.15, -0.1) is 0 Å². The number of nitrogens with two attached hydrogens (primary N) is 1. The zero-order valence-electron chi connectivity index (χ0n) is 7.86. The summed E-state index contributed by atoms with van der Waals surface area (Å²) in [4.78, 5) is 6.71. The minimum Gasteiger partial charge on any atom is -0.389 e. The van der Waals surface area contributed by atoms with E-state index < -0.39 is 0 Å². The second kappa shape index (κ2) is 3.54. The lowest BCUT2D eigenvalue weighted by molar-refractivity contribution is 0.760. The average molecular weight is 197 g/mol. The van der Waals surface area contributed by atoms with E-state index in [-0.39, 0.29) is 0 Å². The van der Waals surface area contributed by atoms with Crippen LogP contribution in [0.4, 0.5) is 10.1 Å². The van der Waals surface area contributed by atoms with Gasteiger partial charge in [0, 0.05) is 12.6 Å². The second-order valence-electron chi connectivity index (χ2n) is 3.47. The fraction of sp³-hybridized carbons (Fsp3) is 0.667. The maximum absolute atomic E-state index is 5.66. The van der Waals surface area contributed by atoms with Gasteiger partial charge in [-0.25, -0.2) is 4.98 Å². The first-order chi connectivity index (χ1) is 6.31. The van der Waals surface area contributed by atoms with Gasteiger partial charge >= 0.3 is 0 Å². The van der Waals surface area contributed by atoms with Crippen LogP contribution in [-0.2, 0) is 0 Å². The number of hydrogen-bond donors (Lipinski definition) is 1. The molecule has 0 saturated heterocycles. The molecule has 13 heavy (non-hydrogen) atoms. The Bertz CT molecular complexity index is 280. The van der Waals surface area contributed by atoms with Crippen molar-refractivity contribution in [2.75, 3.05) is 17.2 Å². The molecule has 0 aromatic carbocycles. The van der Waals surface area contributed by atoms with E-state index in [9.17, 15) is 0 Å². The minimum absolute atomic E-state index is 0.741. The molecule has 1 aliphatic rings. The maximum atomic E-state index is 5.66. The summed E-state index contributed by atoms with van der Waals surface area (Å²) in [6.45, 7) is 3.31. The third kappa shape index (κ3) is 1.94. The molecule has 0 unspecified atom stereocenters. The Morgan fingerprint density at radius 2 is 2.46 bits per heavy atom. The predicted octanol–water partition coefficient (Wildman–Crippen LogP) is 2.10. The van der Waals surface area contributed by atoms with Crippen LogP contribution in [0.1, 0.15) is 26.2 Å². The zero-order chi connectivity index (χ0) is 9.26. The second-order valence-corrected chi connectivity index (χ2v) is 4.51. The Morgan fingerprint density at radius 1 is 1.69 bits per heavy atom. The van der Waals surface area contributed by atoms with E-state index >= 15 is 0 Å². The number of thiazole rings is 1. The van der Waals surface area contributed by atoms with E-state index in [1.165, 1.54) is 19.3 Å². The summed E-state index contributed by atoms with van der Waals surface area (Å²) < 4.78 is 0. The molecule has 0 spiro atoms. The van der Waals surface area contributed by atoms with Crippen molar-refractivity contribution < 1.29 is 0 Å². The Labute approximate surface area is 82.6 Å². The molecular formula is C9H15N3S. The van der Waals surface area contributed by atoms with E-state index in [0.717, 1.165) is 22.7 Å². The molecule has 1 aromatic rings. The third-order valence-corrected chi connectivity index (χ3v) is 3.07. The van der Waals surface area contributed by atoms with Gasteiger partial charge in [-0.05, 0) is 19.3 Å². The third-order valence-electron chi connectivity index (χ3n) is 2.21. The van der Waals surface area contributed by atoms with Crippen molar-refractivity contribution in [3.8, 4) is 0 Å². The van der Waals surface area contributed by atoms with E-state index in [0.29, 0.717) is 0 Å². The van der Waals surface area contributed by atoms with Crippen LogP contribution in [0.3, 0.4) is 0 Å². The molecule has 1 saturated carbocycles. The first kappa shape index (κ1) is 8.81. The van der Waals surface area contributed by atoms with Gasteiger partial charge in [-0.2, -0.15) is 0 Å². The first-order valence-corrected chi connectivity index (χ1v) is 5.61. The fourth-order valence-corrected chi connectivity index (χ4v) is 2.25. The van der Waals surface area contributed by atoms with E-state index in [1.807, 2.05) is 0 Å². The molecule has 0 radical (unpaired) electrons. The summed E-state index contributed by atoms with van der Waals surface area (Å²) in [5.74, 6) is 0. The maximum Gasteiger partial charge on any atom is 0.187 e. The Morgan fingerprint density at radius 3 is 2.92 bits per heavy atom.